The Labute approximate surface area is 186 Å². The molecule has 4 atom stereocenters. The Bertz CT molecular complexity index is 857. The number of rotatable bonds is 7. The fourth-order valence-electron chi connectivity index (χ4n) is 4.44. The van der Waals surface area contributed by atoms with Gasteiger partial charge in [0, 0.05) is 32.7 Å². The van der Waals surface area contributed by atoms with Gasteiger partial charge in [0.1, 0.15) is 18.0 Å². The van der Waals surface area contributed by atoms with Crippen LogP contribution in [0.5, 0.6) is 5.75 Å². The van der Waals surface area contributed by atoms with Crippen LogP contribution in [0.3, 0.4) is 0 Å². The van der Waals surface area contributed by atoms with E-state index in [0.29, 0.717) is 4.88 Å². The van der Waals surface area contributed by atoms with Crippen molar-refractivity contribution < 1.29 is 24.5 Å². The van der Waals surface area contributed by atoms with Crippen molar-refractivity contribution in [2.24, 2.45) is 0 Å². The van der Waals surface area contributed by atoms with Gasteiger partial charge in [0.15, 0.2) is 0 Å². The van der Waals surface area contributed by atoms with Crippen molar-refractivity contribution in [3.05, 3.63) is 46.7 Å². The van der Waals surface area contributed by atoms with Gasteiger partial charge in [-0.2, -0.15) is 0 Å². The van der Waals surface area contributed by atoms with Crippen LogP contribution in [0.1, 0.15) is 9.67 Å². The Morgan fingerprint density at radius 3 is 2.65 bits per heavy atom. The molecule has 2 aliphatic rings. The van der Waals surface area contributed by atoms with E-state index in [-0.39, 0.29) is 25.1 Å². The van der Waals surface area contributed by atoms with Crippen molar-refractivity contribution >= 4 is 22.9 Å². The topological polar surface area (TPSA) is 94.5 Å². The lowest BCUT2D eigenvalue weighted by molar-refractivity contribution is -0.0209. The predicted octanol–water partition coefficient (Wildman–Crippen LogP) is 0.798. The minimum absolute atomic E-state index is 0.153. The third kappa shape index (κ3) is 4.70. The molecular formula is C22H29N3O5S. The molecule has 8 nitrogen and oxygen atoms in total. The van der Waals surface area contributed by atoms with Crippen LogP contribution in [0.25, 0.3) is 0 Å². The van der Waals surface area contributed by atoms with E-state index in [1.807, 2.05) is 35.7 Å². The normalized spacial score (nSPS) is 26.7. The first-order valence-electron chi connectivity index (χ1n) is 10.5. The largest absolute Gasteiger partial charge is 0.495 e. The second kappa shape index (κ2) is 9.97. The second-order valence-electron chi connectivity index (χ2n) is 7.76. The lowest BCUT2D eigenvalue weighted by atomic mass is 10.0. The lowest BCUT2D eigenvalue weighted by Crippen LogP contribution is -2.57. The number of thiophene rings is 1. The van der Waals surface area contributed by atoms with Crippen LogP contribution in [0.4, 0.5) is 5.69 Å². The standard InChI is InChI=1S/C22H29N3O5S/c1-29-16-6-3-2-5-15(16)24-8-10-25(11-9-24)20-17(30-18(14-26)21(20)27)13-23-22(28)19-7-4-12-31-19/h2-7,12,17-18,20-21,26-27H,8-11,13-14H2,1H3,(H,23,28). The van der Waals surface area contributed by atoms with Crippen molar-refractivity contribution in [3.8, 4) is 5.75 Å². The molecule has 3 N–H and O–H groups in total. The molecule has 2 fully saturated rings. The molecule has 2 aromatic rings. The molecule has 4 unspecified atom stereocenters. The molecule has 31 heavy (non-hydrogen) atoms. The monoisotopic (exact) mass is 447 g/mol. The van der Waals surface area contributed by atoms with Crippen molar-refractivity contribution in [1.82, 2.24) is 10.2 Å². The SMILES string of the molecule is COc1ccccc1N1CCN(C2C(CNC(=O)c3cccs3)OC(CO)C2O)CC1. The number of nitrogens with zero attached hydrogens (tertiary/aromatic N) is 2. The van der Waals surface area contributed by atoms with E-state index in [0.717, 1.165) is 37.6 Å². The number of aliphatic hydroxyl groups excluding tert-OH is 2. The van der Waals surface area contributed by atoms with Crippen LogP contribution in [0.15, 0.2) is 41.8 Å². The van der Waals surface area contributed by atoms with Gasteiger partial charge >= 0.3 is 0 Å². The molecule has 0 radical (unpaired) electrons. The Kier molecular flexibility index (Phi) is 7.09. The second-order valence-corrected chi connectivity index (χ2v) is 8.71. The fraction of sp³-hybridized carbons (Fsp3) is 0.500. The highest BCUT2D eigenvalue weighted by atomic mass is 32.1. The molecule has 2 saturated heterocycles. The molecule has 168 valence electrons. The molecule has 0 bridgehead atoms. The first-order chi connectivity index (χ1) is 15.1. The van der Waals surface area contributed by atoms with Crippen LogP contribution >= 0.6 is 11.3 Å². The van der Waals surface area contributed by atoms with E-state index in [4.69, 9.17) is 9.47 Å². The maximum atomic E-state index is 12.3. The number of aliphatic hydroxyl groups is 2. The summed E-state index contributed by atoms with van der Waals surface area (Å²) in [5.74, 6) is 0.690. The number of amides is 1. The highest BCUT2D eigenvalue weighted by Gasteiger charge is 2.46. The van der Waals surface area contributed by atoms with Crippen LogP contribution in [0, 0.1) is 0 Å². The van der Waals surface area contributed by atoms with Crippen LogP contribution < -0.4 is 15.0 Å². The maximum Gasteiger partial charge on any atom is 0.261 e. The number of para-hydroxylation sites is 2. The van der Waals surface area contributed by atoms with Gasteiger partial charge in [0.25, 0.3) is 5.91 Å². The molecule has 9 heteroatoms. The van der Waals surface area contributed by atoms with Gasteiger partial charge in [-0.3, -0.25) is 9.69 Å². The van der Waals surface area contributed by atoms with Crippen LogP contribution in [-0.2, 0) is 4.74 Å². The van der Waals surface area contributed by atoms with Gasteiger partial charge in [-0.25, -0.2) is 0 Å². The molecule has 0 saturated carbocycles. The Hall–Kier alpha value is -2.17. The molecule has 2 aliphatic heterocycles. The Morgan fingerprint density at radius 1 is 1.19 bits per heavy atom. The van der Waals surface area contributed by atoms with Crippen molar-refractivity contribution in [2.45, 2.75) is 24.4 Å². The highest BCUT2D eigenvalue weighted by molar-refractivity contribution is 7.12. The molecule has 0 aliphatic carbocycles. The quantitative estimate of drug-likeness (QED) is 0.578. The molecule has 1 aromatic carbocycles. The Morgan fingerprint density at radius 2 is 1.97 bits per heavy atom. The van der Waals surface area contributed by atoms with Crippen molar-refractivity contribution in [1.29, 1.82) is 0 Å². The number of piperazine rings is 1. The number of hydrogen-bond acceptors (Lipinski definition) is 8. The molecular weight excluding hydrogens is 418 g/mol. The van der Waals surface area contributed by atoms with Gasteiger partial charge in [0.2, 0.25) is 0 Å². The highest BCUT2D eigenvalue weighted by Crippen LogP contribution is 2.31. The summed E-state index contributed by atoms with van der Waals surface area (Å²) >= 11 is 1.38. The summed E-state index contributed by atoms with van der Waals surface area (Å²) in [6.07, 6.45) is -1.86. The smallest absolute Gasteiger partial charge is 0.261 e. The van der Waals surface area contributed by atoms with Crippen LogP contribution in [0.2, 0.25) is 0 Å². The summed E-state index contributed by atoms with van der Waals surface area (Å²) in [6.45, 7) is 3.05. The van der Waals surface area contributed by atoms with Gasteiger partial charge in [-0.1, -0.05) is 18.2 Å². The van der Waals surface area contributed by atoms with Gasteiger partial charge in [-0.15, -0.1) is 11.3 Å². The number of anilines is 1. The summed E-state index contributed by atoms with van der Waals surface area (Å²) in [4.78, 5) is 17.5. The first kappa shape index (κ1) is 22.0. The number of carbonyl (C=O) groups is 1. The third-order valence-electron chi connectivity index (χ3n) is 6.01. The zero-order chi connectivity index (χ0) is 21.8. The fourth-order valence-corrected chi connectivity index (χ4v) is 5.08. The van der Waals surface area contributed by atoms with E-state index in [1.54, 1.807) is 13.2 Å². The summed E-state index contributed by atoms with van der Waals surface area (Å²) in [5.41, 5.74) is 1.06. The van der Waals surface area contributed by atoms with Crippen molar-refractivity contribution in [2.75, 3.05) is 51.3 Å². The first-order valence-corrected chi connectivity index (χ1v) is 11.4. The molecule has 1 amide bonds. The molecule has 1 aromatic heterocycles. The zero-order valence-corrected chi connectivity index (χ0v) is 18.3. The average molecular weight is 448 g/mol. The third-order valence-corrected chi connectivity index (χ3v) is 6.88. The molecule has 3 heterocycles. The summed E-state index contributed by atoms with van der Waals surface area (Å²) in [6, 6.07) is 11.3. The number of nitrogens with one attached hydrogen (secondary N) is 1. The van der Waals surface area contributed by atoms with Gasteiger partial charge < -0.3 is 29.9 Å². The number of hydrogen-bond donors (Lipinski definition) is 3. The maximum absolute atomic E-state index is 12.3. The van der Waals surface area contributed by atoms with Gasteiger partial charge in [0.05, 0.1) is 36.4 Å². The number of benzene rings is 1. The zero-order valence-electron chi connectivity index (χ0n) is 17.5. The van der Waals surface area contributed by atoms with Gasteiger partial charge in [-0.05, 0) is 23.6 Å². The Balaban J connectivity index is 1.40. The number of methoxy groups -OCH3 is 1. The van der Waals surface area contributed by atoms with Crippen molar-refractivity contribution in [3.63, 3.8) is 0 Å². The van der Waals surface area contributed by atoms with Crippen LogP contribution in [-0.4, -0.2) is 91.8 Å². The summed E-state index contributed by atoms with van der Waals surface area (Å²) in [7, 11) is 1.67. The number of carbonyl (C=O) groups excluding carboxylic acids is 1. The predicted molar refractivity (Wildman–Crippen MR) is 119 cm³/mol. The van der Waals surface area contributed by atoms with E-state index >= 15 is 0 Å². The van der Waals surface area contributed by atoms with E-state index in [2.05, 4.69) is 15.1 Å². The van der Waals surface area contributed by atoms with E-state index < -0.39 is 18.3 Å². The summed E-state index contributed by atoms with van der Waals surface area (Å²) < 4.78 is 11.4. The minimum Gasteiger partial charge on any atom is -0.495 e. The number of ether oxygens (including phenoxy) is 2. The minimum atomic E-state index is -0.813. The van der Waals surface area contributed by atoms with E-state index in [9.17, 15) is 15.0 Å². The lowest BCUT2D eigenvalue weighted by Gasteiger charge is -2.41. The average Bonchev–Trinajstić information content (AvgIpc) is 3.46. The van der Waals surface area contributed by atoms with E-state index in [1.165, 1.54) is 11.3 Å². The molecule has 0 spiro atoms. The summed E-state index contributed by atoms with van der Waals surface area (Å²) in [5, 5.41) is 25.2. The molecule has 4 rings (SSSR count).